The van der Waals surface area contributed by atoms with Crippen LogP contribution in [0.15, 0.2) is 54.6 Å². The zero-order chi connectivity index (χ0) is 19.2. The summed E-state index contributed by atoms with van der Waals surface area (Å²) in [7, 11) is 0. The van der Waals surface area contributed by atoms with Crippen LogP contribution in [0.4, 0.5) is 5.69 Å². The first-order chi connectivity index (χ1) is 13.0. The van der Waals surface area contributed by atoms with E-state index in [9.17, 15) is 4.79 Å². The Kier molecular flexibility index (Phi) is 6.57. The molecule has 4 heteroatoms. The predicted molar refractivity (Wildman–Crippen MR) is 114 cm³/mol. The van der Waals surface area contributed by atoms with Gasteiger partial charge in [-0.2, -0.15) is 0 Å². The van der Waals surface area contributed by atoms with Gasteiger partial charge in [0.05, 0.1) is 0 Å². The Morgan fingerprint density at radius 1 is 1.07 bits per heavy atom. The number of hydrogen-bond donors (Lipinski definition) is 0. The third kappa shape index (κ3) is 5.61. The molecule has 1 aliphatic rings. The fourth-order valence-corrected chi connectivity index (χ4v) is 3.55. The maximum atomic E-state index is 12.5. The second-order valence-corrected chi connectivity index (χ2v) is 7.90. The Morgan fingerprint density at radius 3 is 2.41 bits per heavy atom. The van der Waals surface area contributed by atoms with Gasteiger partial charge in [-0.15, -0.1) is 0 Å². The Bertz CT molecular complexity index is 790. The smallest absolute Gasteiger partial charge is 0.246 e. The van der Waals surface area contributed by atoms with Crippen molar-refractivity contribution in [2.24, 2.45) is 5.92 Å². The minimum Gasteiger partial charge on any atom is -0.368 e. The van der Waals surface area contributed by atoms with Crippen LogP contribution in [0.2, 0.25) is 5.02 Å². The first-order valence-corrected chi connectivity index (χ1v) is 9.95. The number of rotatable bonds is 5. The molecule has 1 fully saturated rings. The summed E-state index contributed by atoms with van der Waals surface area (Å²) >= 11 is 6.08. The molecule has 3 nitrogen and oxygen atoms in total. The van der Waals surface area contributed by atoms with E-state index < -0.39 is 0 Å². The summed E-state index contributed by atoms with van der Waals surface area (Å²) in [6.07, 6.45) is 4.68. The molecule has 0 saturated carbocycles. The van der Waals surface area contributed by atoms with E-state index in [1.54, 1.807) is 6.08 Å². The highest BCUT2D eigenvalue weighted by molar-refractivity contribution is 6.30. The number of nitrogens with zero attached hydrogens (tertiary/aromatic N) is 2. The number of amides is 1. The van der Waals surface area contributed by atoms with Crippen molar-refractivity contribution in [2.75, 3.05) is 31.1 Å². The first-order valence-electron chi connectivity index (χ1n) is 9.58. The van der Waals surface area contributed by atoms with Crippen molar-refractivity contribution in [2.45, 2.75) is 20.3 Å². The first kappa shape index (κ1) is 19.5. The van der Waals surface area contributed by atoms with Gasteiger partial charge in [-0.3, -0.25) is 4.79 Å². The highest BCUT2D eigenvalue weighted by atomic mass is 35.5. The molecule has 0 aromatic heterocycles. The van der Waals surface area contributed by atoms with Crippen molar-refractivity contribution in [1.82, 2.24) is 4.90 Å². The summed E-state index contributed by atoms with van der Waals surface area (Å²) in [5, 5.41) is 0.744. The van der Waals surface area contributed by atoms with Crippen molar-refractivity contribution in [3.8, 4) is 0 Å². The van der Waals surface area contributed by atoms with Crippen molar-refractivity contribution in [1.29, 1.82) is 0 Å². The van der Waals surface area contributed by atoms with Gasteiger partial charge in [-0.05, 0) is 47.7 Å². The molecule has 27 heavy (non-hydrogen) atoms. The minimum atomic E-state index is 0.0759. The maximum absolute atomic E-state index is 12.5. The highest BCUT2D eigenvalue weighted by Crippen LogP contribution is 2.21. The largest absolute Gasteiger partial charge is 0.368 e. The van der Waals surface area contributed by atoms with Crippen LogP contribution < -0.4 is 4.90 Å². The fraction of sp³-hybridized carbons (Fsp3) is 0.348. The monoisotopic (exact) mass is 382 g/mol. The van der Waals surface area contributed by atoms with E-state index in [1.165, 1.54) is 5.56 Å². The summed E-state index contributed by atoms with van der Waals surface area (Å²) in [5.74, 6) is 0.727. The van der Waals surface area contributed by atoms with Crippen LogP contribution in [-0.4, -0.2) is 37.0 Å². The predicted octanol–water partition coefficient (Wildman–Crippen LogP) is 4.90. The zero-order valence-corrected chi connectivity index (χ0v) is 16.8. The number of piperazine rings is 1. The maximum Gasteiger partial charge on any atom is 0.246 e. The van der Waals surface area contributed by atoms with E-state index in [1.807, 2.05) is 29.2 Å². The van der Waals surface area contributed by atoms with E-state index in [0.29, 0.717) is 5.92 Å². The van der Waals surface area contributed by atoms with Crippen LogP contribution in [0.3, 0.4) is 0 Å². The van der Waals surface area contributed by atoms with Gasteiger partial charge in [-0.1, -0.05) is 55.8 Å². The molecule has 0 spiro atoms. The molecule has 2 aromatic carbocycles. The van der Waals surface area contributed by atoms with Crippen molar-refractivity contribution >= 4 is 29.3 Å². The lowest BCUT2D eigenvalue weighted by molar-refractivity contribution is -0.126. The molecular formula is C23H27ClN2O. The number of benzene rings is 2. The van der Waals surface area contributed by atoms with Crippen LogP contribution in [0.25, 0.3) is 6.08 Å². The number of halogens is 1. The van der Waals surface area contributed by atoms with Gasteiger partial charge >= 0.3 is 0 Å². The van der Waals surface area contributed by atoms with Crippen molar-refractivity contribution < 1.29 is 4.79 Å². The summed E-state index contributed by atoms with van der Waals surface area (Å²) in [5.41, 5.74) is 3.52. The highest BCUT2D eigenvalue weighted by Gasteiger charge is 2.19. The van der Waals surface area contributed by atoms with Gasteiger partial charge in [0, 0.05) is 43.0 Å². The standard InChI is InChI=1S/C23H27ClN2O/c1-18(2)16-20-8-6-19(7-9-20)10-11-23(27)26-14-12-25(13-15-26)22-5-3-4-21(24)17-22/h3-11,17-18H,12-16H2,1-2H3. The number of anilines is 1. The second-order valence-electron chi connectivity index (χ2n) is 7.47. The Morgan fingerprint density at radius 2 is 1.78 bits per heavy atom. The molecule has 0 unspecified atom stereocenters. The summed E-state index contributed by atoms with van der Waals surface area (Å²) in [4.78, 5) is 16.7. The van der Waals surface area contributed by atoms with Gasteiger partial charge in [0.1, 0.15) is 0 Å². The van der Waals surface area contributed by atoms with Crippen LogP contribution in [0.1, 0.15) is 25.0 Å². The van der Waals surface area contributed by atoms with Gasteiger partial charge in [0.2, 0.25) is 5.91 Å². The van der Waals surface area contributed by atoms with E-state index in [2.05, 4.69) is 49.1 Å². The van der Waals surface area contributed by atoms with E-state index in [4.69, 9.17) is 11.6 Å². The molecule has 0 atom stereocenters. The van der Waals surface area contributed by atoms with Crippen LogP contribution in [0.5, 0.6) is 0 Å². The lowest BCUT2D eigenvalue weighted by Gasteiger charge is -2.35. The Labute approximate surface area is 167 Å². The molecule has 1 heterocycles. The molecule has 0 radical (unpaired) electrons. The molecule has 2 aromatic rings. The van der Waals surface area contributed by atoms with Crippen molar-refractivity contribution in [3.05, 3.63) is 70.8 Å². The summed E-state index contributed by atoms with van der Waals surface area (Å²) in [6, 6.07) is 16.3. The lowest BCUT2D eigenvalue weighted by Crippen LogP contribution is -2.48. The minimum absolute atomic E-state index is 0.0759. The fourth-order valence-electron chi connectivity index (χ4n) is 3.37. The van der Waals surface area contributed by atoms with Gasteiger partial charge in [0.15, 0.2) is 0 Å². The van der Waals surface area contributed by atoms with Crippen LogP contribution in [0, 0.1) is 5.92 Å². The van der Waals surface area contributed by atoms with Gasteiger partial charge in [-0.25, -0.2) is 0 Å². The number of carbonyl (C=O) groups excluding carboxylic acids is 1. The topological polar surface area (TPSA) is 23.6 Å². The van der Waals surface area contributed by atoms with E-state index in [0.717, 1.165) is 48.9 Å². The third-order valence-corrected chi connectivity index (χ3v) is 5.04. The molecule has 1 amide bonds. The van der Waals surface area contributed by atoms with Crippen molar-refractivity contribution in [3.63, 3.8) is 0 Å². The number of hydrogen-bond acceptors (Lipinski definition) is 2. The molecule has 142 valence electrons. The Hall–Kier alpha value is -2.26. The molecule has 0 bridgehead atoms. The average Bonchev–Trinajstić information content (AvgIpc) is 2.67. The SMILES string of the molecule is CC(C)Cc1ccc(C=CC(=O)N2CCN(c3cccc(Cl)c3)CC2)cc1. The normalized spacial score (nSPS) is 15.0. The lowest BCUT2D eigenvalue weighted by atomic mass is 10.0. The molecule has 1 saturated heterocycles. The second kappa shape index (κ2) is 9.09. The number of carbonyl (C=O) groups is 1. The van der Waals surface area contributed by atoms with Crippen LogP contribution in [-0.2, 0) is 11.2 Å². The quantitative estimate of drug-likeness (QED) is 0.686. The van der Waals surface area contributed by atoms with Gasteiger partial charge in [0.25, 0.3) is 0 Å². The van der Waals surface area contributed by atoms with Gasteiger partial charge < -0.3 is 9.80 Å². The summed E-state index contributed by atoms with van der Waals surface area (Å²) < 4.78 is 0. The molecule has 3 rings (SSSR count). The van der Waals surface area contributed by atoms with Crippen LogP contribution >= 0.6 is 11.6 Å². The Balaban J connectivity index is 1.52. The summed E-state index contributed by atoms with van der Waals surface area (Å²) in [6.45, 7) is 7.54. The molecule has 1 aliphatic heterocycles. The average molecular weight is 383 g/mol. The molecule has 0 aliphatic carbocycles. The van der Waals surface area contributed by atoms with E-state index in [-0.39, 0.29) is 5.91 Å². The molecule has 0 N–H and O–H groups in total. The van der Waals surface area contributed by atoms with E-state index >= 15 is 0 Å². The third-order valence-electron chi connectivity index (χ3n) is 4.81. The zero-order valence-electron chi connectivity index (χ0n) is 16.1. The molecular weight excluding hydrogens is 356 g/mol.